The van der Waals surface area contributed by atoms with Gasteiger partial charge in [-0.15, -0.1) is 0 Å². The number of rotatable bonds is 10. The molecule has 2 aliphatic rings. The van der Waals surface area contributed by atoms with Crippen LogP contribution in [-0.2, 0) is 22.6 Å². The van der Waals surface area contributed by atoms with Gasteiger partial charge in [-0.3, -0.25) is 19.6 Å². The van der Waals surface area contributed by atoms with Gasteiger partial charge in [0.05, 0.1) is 22.4 Å². The molecule has 2 aliphatic heterocycles. The number of halogens is 1. The van der Waals surface area contributed by atoms with E-state index in [2.05, 4.69) is 46.8 Å². The third kappa shape index (κ3) is 7.32. The fourth-order valence-electron chi connectivity index (χ4n) is 7.36. The molecule has 10 heteroatoms. The molecule has 7 rings (SSSR count). The first-order valence-electron chi connectivity index (χ1n) is 17.3. The van der Waals surface area contributed by atoms with Crippen LogP contribution in [0.5, 0.6) is 0 Å². The van der Waals surface area contributed by atoms with Crippen molar-refractivity contribution in [1.29, 1.82) is 5.26 Å². The van der Waals surface area contributed by atoms with Crippen LogP contribution >= 0.6 is 11.6 Å². The molecular weight excluding hydrogens is 662 g/mol. The Hall–Kier alpha value is -4.85. The quantitative estimate of drug-likeness (QED) is 0.148. The molecule has 0 amide bonds. The Balaban J connectivity index is 1.15. The molecule has 4 heterocycles. The van der Waals surface area contributed by atoms with E-state index >= 15 is 0 Å². The van der Waals surface area contributed by atoms with E-state index in [-0.39, 0.29) is 12.2 Å². The number of carbonyl (C=O) groups is 1. The average molecular weight is 702 g/mol. The number of fused-ring (bicyclic) bond motifs is 1. The first-order valence-corrected chi connectivity index (χ1v) is 17.7. The lowest BCUT2D eigenvalue weighted by Gasteiger charge is -2.18. The Morgan fingerprint density at radius 3 is 2.59 bits per heavy atom. The summed E-state index contributed by atoms with van der Waals surface area (Å²) < 4.78 is 11.4. The molecule has 51 heavy (non-hydrogen) atoms. The number of likely N-dealkylation sites (tertiary alicyclic amines) is 2. The van der Waals surface area contributed by atoms with Gasteiger partial charge in [0.25, 0.3) is 6.47 Å². The number of ether oxygens (including phenoxy) is 1. The van der Waals surface area contributed by atoms with Crippen LogP contribution in [0.25, 0.3) is 45.8 Å². The van der Waals surface area contributed by atoms with Crippen LogP contribution in [0.1, 0.15) is 57.5 Å². The minimum Gasteiger partial charge on any atom is -0.463 e. The zero-order chi connectivity index (χ0) is 35.6. The lowest BCUT2D eigenvalue weighted by atomic mass is 9.93. The van der Waals surface area contributed by atoms with Gasteiger partial charge >= 0.3 is 0 Å². The van der Waals surface area contributed by atoms with Crippen molar-refractivity contribution in [3.05, 3.63) is 104 Å². The topological polar surface area (TPSA) is 116 Å². The van der Waals surface area contributed by atoms with Crippen molar-refractivity contribution >= 4 is 41.3 Å². The van der Waals surface area contributed by atoms with Crippen molar-refractivity contribution in [1.82, 2.24) is 19.8 Å². The minimum atomic E-state index is -0.237. The van der Waals surface area contributed by atoms with Crippen LogP contribution in [0.15, 0.2) is 59.1 Å². The van der Waals surface area contributed by atoms with Crippen molar-refractivity contribution in [3.8, 4) is 28.7 Å². The highest BCUT2D eigenvalue weighted by atomic mass is 35.5. The normalized spacial score (nSPS) is 18.2. The number of nitriles is 1. The Kier molecular flexibility index (Phi) is 10.0. The molecule has 2 saturated heterocycles. The first kappa shape index (κ1) is 34.6. The molecule has 1 N–H and O–H groups in total. The number of aliphatic hydroxyl groups is 1. The van der Waals surface area contributed by atoms with E-state index < -0.39 is 0 Å². The number of pyridine rings is 1. The van der Waals surface area contributed by atoms with E-state index in [1.54, 1.807) is 6.20 Å². The van der Waals surface area contributed by atoms with Gasteiger partial charge < -0.3 is 14.3 Å². The van der Waals surface area contributed by atoms with Gasteiger partial charge in [0.2, 0.25) is 5.89 Å². The lowest BCUT2D eigenvalue weighted by molar-refractivity contribution is -0.132. The SMILES string of the molecule is Cc1cc(CN2CC[C@@H](O)C2)c(C)cc1/C=C/c1nccc(-c2cccc(-c3nc4cc(CN5CC[C@@H](OC=O)C5)cc(Cl)c4o3)c2C)c1C#N. The predicted molar refractivity (Wildman–Crippen MR) is 199 cm³/mol. The number of oxazole rings is 1. The summed E-state index contributed by atoms with van der Waals surface area (Å²) in [7, 11) is 0. The van der Waals surface area contributed by atoms with Crippen molar-refractivity contribution in [3.63, 3.8) is 0 Å². The summed E-state index contributed by atoms with van der Waals surface area (Å²) >= 11 is 6.71. The van der Waals surface area contributed by atoms with Crippen LogP contribution in [-0.4, -0.2) is 69.7 Å². The fraction of sp³-hybridized carbons (Fsp3) is 0.317. The number of carbonyl (C=O) groups excluding carboxylic acids is 1. The van der Waals surface area contributed by atoms with E-state index in [9.17, 15) is 15.2 Å². The summed E-state index contributed by atoms with van der Waals surface area (Å²) in [5, 5.41) is 20.8. The predicted octanol–water partition coefficient (Wildman–Crippen LogP) is 7.49. The number of hydrogen-bond acceptors (Lipinski definition) is 9. The highest BCUT2D eigenvalue weighted by molar-refractivity contribution is 6.34. The number of benzene rings is 3. The Labute approximate surface area is 302 Å². The van der Waals surface area contributed by atoms with Gasteiger partial charge in [-0.25, -0.2) is 4.98 Å². The smallest absolute Gasteiger partial charge is 0.293 e. The maximum atomic E-state index is 10.8. The van der Waals surface area contributed by atoms with Crippen molar-refractivity contribution in [2.45, 2.75) is 58.9 Å². The number of hydrogen-bond donors (Lipinski definition) is 1. The van der Waals surface area contributed by atoms with E-state index in [1.807, 2.05) is 55.5 Å². The number of aromatic nitrogens is 2. The third-order valence-corrected chi connectivity index (χ3v) is 10.4. The van der Waals surface area contributed by atoms with Crippen LogP contribution in [0.3, 0.4) is 0 Å². The van der Waals surface area contributed by atoms with E-state index in [1.165, 1.54) is 11.1 Å². The van der Waals surface area contributed by atoms with Gasteiger partial charge in [0.1, 0.15) is 17.7 Å². The van der Waals surface area contributed by atoms with Crippen LogP contribution in [0.4, 0.5) is 0 Å². The summed E-state index contributed by atoms with van der Waals surface area (Å²) in [6, 6.07) is 18.5. The van der Waals surface area contributed by atoms with Gasteiger partial charge in [0, 0.05) is 56.6 Å². The Bertz CT molecular complexity index is 2190. The number of aliphatic hydroxyl groups excluding tert-OH is 1. The van der Waals surface area contributed by atoms with Crippen LogP contribution < -0.4 is 0 Å². The molecule has 0 aliphatic carbocycles. The van der Waals surface area contributed by atoms with Gasteiger partial charge in [-0.05, 0) is 103 Å². The number of nitrogens with zero attached hydrogens (tertiary/aromatic N) is 5. The largest absolute Gasteiger partial charge is 0.463 e. The van der Waals surface area contributed by atoms with Crippen molar-refractivity contribution < 1.29 is 19.1 Å². The summed E-state index contributed by atoms with van der Waals surface area (Å²) in [5.74, 6) is 0.451. The number of β-amino-alcohol motifs (C(OH)–C–C–N with tert-alkyl or cyclic N) is 1. The standard InChI is InChI=1S/C41H40ClN5O4/c1-25-16-30(21-47-13-10-31(49)22-47)26(2)15-29(25)7-8-38-36(19-43)35(9-12-44-38)33-5-4-6-34(27(33)3)41-45-39-18-28(17-37(42)40(39)51-41)20-46-14-11-32(23-46)50-24-48/h4-9,12,15-18,24,31-32,49H,10-11,13-14,20-23H2,1-3H3/b8-7+/t31-,32-/m1/s1. The molecule has 260 valence electrons. The second kappa shape index (κ2) is 14.8. The summed E-state index contributed by atoms with van der Waals surface area (Å²) in [6.45, 7) is 11.4. The zero-order valence-electron chi connectivity index (χ0n) is 29.0. The second-order valence-corrected chi connectivity index (χ2v) is 14.1. The van der Waals surface area contributed by atoms with E-state index in [0.29, 0.717) is 59.4 Å². The van der Waals surface area contributed by atoms with Crippen molar-refractivity contribution in [2.24, 2.45) is 0 Å². The highest BCUT2D eigenvalue weighted by Crippen LogP contribution is 2.37. The molecule has 5 aromatic rings. The van der Waals surface area contributed by atoms with E-state index in [4.69, 9.17) is 25.7 Å². The molecule has 0 saturated carbocycles. The summed E-state index contributed by atoms with van der Waals surface area (Å²) in [6.07, 6.45) is 6.99. The van der Waals surface area contributed by atoms with Crippen LogP contribution in [0, 0.1) is 32.1 Å². The van der Waals surface area contributed by atoms with E-state index in [0.717, 1.165) is 71.4 Å². The summed E-state index contributed by atoms with van der Waals surface area (Å²) in [5.41, 5.74) is 11.3. The molecular formula is C41H40ClN5O4. The Morgan fingerprint density at radius 2 is 1.80 bits per heavy atom. The molecule has 9 nitrogen and oxygen atoms in total. The molecule has 0 unspecified atom stereocenters. The Morgan fingerprint density at radius 1 is 1.00 bits per heavy atom. The third-order valence-electron chi connectivity index (χ3n) is 10.1. The molecule has 2 aromatic heterocycles. The zero-order valence-corrected chi connectivity index (χ0v) is 29.8. The van der Waals surface area contributed by atoms with Gasteiger partial charge in [-0.1, -0.05) is 41.9 Å². The molecule has 2 atom stereocenters. The van der Waals surface area contributed by atoms with Crippen LogP contribution in [0.2, 0.25) is 5.02 Å². The molecule has 3 aromatic carbocycles. The molecule has 2 fully saturated rings. The maximum Gasteiger partial charge on any atom is 0.293 e. The maximum absolute atomic E-state index is 10.8. The fourth-order valence-corrected chi connectivity index (χ4v) is 7.64. The lowest BCUT2D eigenvalue weighted by Crippen LogP contribution is -2.22. The molecule has 0 spiro atoms. The van der Waals surface area contributed by atoms with Gasteiger partial charge in [-0.2, -0.15) is 5.26 Å². The molecule has 0 radical (unpaired) electrons. The summed E-state index contributed by atoms with van der Waals surface area (Å²) in [4.78, 5) is 24.7. The first-order chi connectivity index (χ1) is 24.7. The average Bonchev–Trinajstić information content (AvgIpc) is 3.86. The number of aryl methyl sites for hydroxylation is 2. The van der Waals surface area contributed by atoms with Gasteiger partial charge in [0.15, 0.2) is 5.58 Å². The minimum absolute atomic E-state index is 0.0855. The molecule has 0 bridgehead atoms. The van der Waals surface area contributed by atoms with Crippen molar-refractivity contribution in [2.75, 3.05) is 26.2 Å². The second-order valence-electron chi connectivity index (χ2n) is 13.7. The highest BCUT2D eigenvalue weighted by Gasteiger charge is 2.25. The monoisotopic (exact) mass is 701 g/mol.